The Bertz CT molecular complexity index is 401. The van der Waals surface area contributed by atoms with E-state index in [9.17, 15) is 0 Å². The Labute approximate surface area is 120 Å². The van der Waals surface area contributed by atoms with E-state index in [0.717, 1.165) is 19.1 Å². The summed E-state index contributed by atoms with van der Waals surface area (Å²) in [6.45, 7) is 8.34. The van der Waals surface area contributed by atoms with Gasteiger partial charge in [-0.25, -0.2) is 4.98 Å². The maximum Gasteiger partial charge on any atom is 0.113 e. The van der Waals surface area contributed by atoms with Gasteiger partial charge in [0.2, 0.25) is 0 Å². The zero-order chi connectivity index (χ0) is 13.9. The number of hydrogen-bond donors (Lipinski definition) is 1. The first-order valence-corrected chi connectivity index (χ1v) is 8.13. The fraction of sp³-hybridized carbons (Fsp3) is 0.800. The van der Waals surface area contributed by atoms with E-state index in [2.05, 4.69) is 31.5 Å². The molecule has 1 unspecified atom stereocenters. The number of nitrogens with zero attached hydrogens (tertiary/aromatic N) is 1. The van der Waals surface area contributed by atoms with E-state index in [1.807, 2.05) is 0 Å². The largest absolute Gasteiger partial charge is 0.383 e. The van der Waals surface area contributed by atoms with Gasteiger partial charge in [-0.15, -0.1) is 11.3 Å². The molecule has 1 aromatic rings. The summed E-state index contributed by atoms with van der Waals surface area (Å²) in [6.07, 6.45) is 3.95. The van der Waals surface area contributed by atoms with Crippen LogP contribution >= 0.6 is 11.3 Å². The van der Waals surface area contributed by atoms with Crippen LogP contribution < -0.4 is 5.32 Å². The normalized spacial score (nSPS) is 18.8. The van der Waals surface area contributed by atoms with Crippen molar-refractivity contribution < 1.29 is 4.74 Å². The second-order valence-corrected chi connectivity index (χ2v) is 6.99. The highest BCUT2D eigenvalue weighted by Crippen LogP contribution is 2.41. The van der Waals surface area contributed by atoms with Crippen LogP contribution in [0.25, 0.3) is 0 Å². The molecule has 1 saturated carbocycles. The van der Waals surface area contributed by atoms with Crippen LogP contribution in [0.3, 0.4) is 0 Å². The summed E-state index contributed by atoms with van der Waals surface area (Å²) in [5.74, 6) is 1.39. The van der Waals surface area contributed by atoms with Crippen molar-refractivity contribution in [2.75, 3.05) is 20.3 Å². The molecule has 19 heavy (non-hydrogen) atoms. The van der Waals surface area contributed by atoms with E-state index in [1.165, 1.54) is 30.0 Å². The number of rotatable bonds is 8. The minimum Gasteiger partial charge on any atom is -0.383 e. The predicted octanol–water partition coefficient (Wildman–Crippen LogP) is 3.52. The van der Waals surface area contributed by atoms with Crippen molar-refractivity contribution in [3.63, 3.8) is 0 Å². The Hall–Kier alpha value is -0.450. The zero-order valence-electron chi connectivity index (χ0n) is 12.5. The van der Waals surface area contributed by atoms with E-state index in [-0.39, 0.29) is 5.54 Å². The topological polar surface area (TPSA) is 34.1 Å². The van der Waals surface area contributed by atoms with Crippen molar-refractivity contribution in [1.82, 2.24) is 10.3 Å². The lowest BCUT2D eigenvalue weighted by atomic mass is 9.95. The third kappa shape index (κ3) is 4.01. The maximum absolute atomic E-state index is 5.16. The van der Waals surface area contributed by atoms with Gasteiger partial charge in [0.15, 0.2) is 0 Å². The van der Waals surface area contributed by atoms with Gasteiger partial charge >= 0.3 is 0 Å². The molecule has 0 amide bonds. The molecule has 1 aromatic heterocycles. The van der Waals surface area contributed by atoms with Crippen LogP contribution in [0.5, 0.6) is 0 Å². The lowest BCUT2D eigenvalue weighted by Gasteiger charge is -2.29. The van der Waals surface area contributed by atoms with Crippen molar-refractivity contribution in [3.05, 3.63) is 16.1 Å². The first kappa shape index (κ1) is 14.9. The Morgan fingerprint density at radius 1 is 1.53 bits per heavy atom. The van der Waals surface area contributed by atoms with Gasteiger partial charge in [0, 0.05) is 19.0 Å². The molecule has 1 aliphatic carbocycles. The van der Waals surface area contributed by atoms with Crippen LogP contribution in [-0.2, 0) is 10.3 Å². The molecule has 1 aliphatic rings. The molecule has 1 N–H and O–H groups in total. The SMILES string of the molecule is COCCNC(C)(CC1CC1)c1nc(C(C)C)cs1. The smallest absolute Gasteiger partial charge is 0.113 e. The first-order valence-electron chi connectivity index (χ1n) is 7.25. The van der Waals surface area contributed by atoms with E-state index < -0.39 is 0 Å². The summed E-state index contributed by atoms with van der Waals surface area (Å²) in [5, 5.41) is 7.11. The summed E-state index contributed by atoms with van der Waals surface area (Å²) >= 11 is 1.80. The Kier molecular flexibility index (Phi) is 4.98. The molecule has 0 spiro atoms. The fourth-order valence-electron chi connectivity index (χ4n) is 2.37. The van der Waals surface area contributed by atoms with Gasteiger partial charge < -0.3 is 10.1 Å². The highest BCUT2D eigenvalue weighted by molar-refractivity contribution is 7.09. The summed E-state index contributed by atoms with van der Waals surface area (Å²) in [6, 6.07) is 0. The lowest BCUT2D eigenvalue weighted by Crippen LogP contribution is -2.41. The van der Waals surface area contributed by atoms with Gasteiger partial charge in [-0.1, -0.05) is 26.7 Å². The third-order valence-corrected chi connectivity index (χ3v) is 4.93. The minimum atomic E-state index is 0.0114. The van der Waals surface area contributed by atoms with Crippen LogP contribution in [0, 0.1) is 5.92 Å². The van der Waals surface area contributed by atoms with Gasteiger partial charge in [0.25, 0.3) is 0 Å². The first-order chi connectivity index (χ1) is 9.05. The van der Waals surface area contributed by atoms with Crippen LogP contribution in [0.2, 0.25) is 0 Å². The molecule has 3 nitrogen and oxygen atoms in total. The maximum atomic E-state index is 5.16. The number of aromatic nitrogens is 1. The van der Waals surface area contributed by atoms with Gasteiger partial charge in [0.1, 0.15) is 5.01 Å². The average Bonchev–Trinajstić information content (AvgIpc) is 3.01. The van der Waals surface area contributed by atoms with Crippen molar-refractivity contribution in [3.8, 4) is 0 Å². The summed E-state index contributed by atoms with van der Waals surface area (Å²) in [7, 11) is 1.75. The summed E-state index contributed by atoms with van der Waals surface area (Å²) < 4.78 is 5.16. The van der Waals surface area contributed by atoms with Crippen molar-refractivity contribution in [2.45, 2.75) is 51.5 Å². The number of thiazole rings is 1. The van der Waals surface area contributed by atoms with Gasteiger partial charge in [0.05, 0.1) is 17.8 Å². The molecular formula is C15H26N2OS. The average molecular weight is 282 g/mol. The highest BCUT2D eigenvalue weighted by Gasteiger charge is 2.36. The van der Waals surface area contributed by atoms with Crippen LogP contribution in [-0.4, -0.2) is 25.2 Å². The molecule has 108 valence electrons. The monoisotopic (exact) mass is 282 g/mol. The molecule has 2 rings (SSSR count). The van der Waals surface area contributed by atoms with Crippen molar-refractivity contribution >= 4 is 11.3 Å². The molecule has 0 radical (unpaired) electrons. The van der Waals surface area contributed by atoms with E-state index in [4.69, 9.17) is 9.72 Å². The highest BCUT2D eigenvalue weighted by atomic mass is 32.1. The molecule has 1 fully saturated rings. The molecule has 1 atom stereocenters. The number of ether oxygens (including phenoxy) is 1. The minimum absolute atomic E-state index is 0.0114. The van der Waals surface area contributed by atoms with Gasteiger partial charge in [-0.3, -0.25) is 0 Å². The predicted molar refractivity (Wildman–Crippen MR) is 80.8 cm³/mol. The number of nitrogens with one attached hydrogen (secondary N) is 1. The molecular weight excluding hydrogens is 256 g/mol. The van der Waals surface area contributed by atoms with E-state index in [1.54, 1.807) is 18.4 Å². The molecule has 0 bridgehead atoms. The number of hydrogen-bond acceptors (Lipinski definition) is 4. The molecule has 0 aliphatic heterocycles. The second-order valence-electron chi connectivity index (χ2n) is 6.13. The van der Waals surface area contributed by atoms with Crippen LogP contribution in [0.15, 0.2) is 5.38 Å². The lowest BCUT2D eigenvalue weighted by molar-refractivity contribution is 0.182. The van der Waals surface area contributed by atoms with Crippen LogP contribution in [0.4, 0.5) is 0 Å². The van der Waals surface area contributed by atoms with E-state index >= 15 is 0 Å². The zero-order valence-corrected chi connectivity index (χ0v) is 13.3. The van der Waals surface area contributed by atoms with Crippen molar-refractivity contribution in [1.29, 1.82) is 0 Å². The molecule has 1 heterocycles. The Balaban J connectivity index is 2.09. The van der Waals surface area contributed by atoms with Crippen LogP contribution in [0.1, 0.15) is 56.7 Å². The Morgan fingerprint density at radius 2 is 2.26 bits per heavy atom. The summed E-state index contributed by atoms with van der Waals surface area (Å²) in [4.78, 5) is 4.86. The molecule has 0 aromatic carbocycles. The quantitative estimate of drug-likeness (QED) is 0.741. The standard InChI is InChI=1S/C15H26N2OS/c1-11(2)13-10-19-14(17-13)15(3,9-12-5-6-12)16-7-8-18-4/h10-12,16H,5-9H2,1-4H3. The number of methoxy groups -OCH3 is 1. The van der Waals surface area contributed by atoms with Gasteiger partial charge in [-0.05, 0) is 25.2 Å². The van der Waals surface area contributed by atoms with Crippen molar-refractivity contribution in [2.24, 2.45) is 5.92 Å². The summed E-state index contributed by atoms with van der Waals surface area (Å²) in [5.41, 5.74) is 1.23. The second kappa shape index (κ2) is 6.33. The fourth-order valence-corrected chi connectivity index (χ4v) is 3.50. The van der Waals surface area contributed by atoms with E-state index in [0.29, 0.717) is 5.92 Å². The molecule has 0 saturated heterocycles. The third-order valence-electron chi connectivity index (χ3n) is 3.80. The Morgan fingerprint density at radius 3 is 2.79 bits per heavy atom. The molecule has 4 heteroatoms. The van der Waals surface area contributed by atoms with Gasteiger partial charge in [-0.2, -0.15) is 0 Å².